The molecule has 3 aromatic carbocycles. The number of hydrogen-bond acceptors (Lipinski definition) is 6. The first-order valence-corrected chi connectivity index (χ1v) is 13.3. The summed E-state index contributed by atoms with van der Waals surface area (Å²) in [6.45, 7) is -0.363. The molecule has 8 nitrogen and oxygen atoms in total. The highest BCUT2D eigenvalue weighted by atomic mass is 32.2. The van der Waals surface area contributed by atoms with Gasteiger partial charge in [0, 0.05) is 47.9 Å². The molecule has 0 aliphatic heterocycles. The molecule has 0 saturated heterocycles. The molecule has 1 atom stereocenters. The molecule has 12 heteroatoms. The van der Waals surface area contributed by atoms with Crippen LogP contribution in [0.5, 0.6) is 0 Å². The van der Waals surface area contributed by atoms with Crippen LogP contribution in [0.25, 0.3) is 22.3 Å². The first-order valence-electron chi connectivity index (χ1n) is 12.2. The number of carbonyl (C=O) groups is 1. The molecule has 202 valence electrons. The second kappa shape index (κ2) is 11.0. The topological polar surface area (TPSA) is 126 Å². The van der Waals surface area contributed by atoms with Crippen LogP contribution in [0.15, 0.2) is 59.0 Å². The smallest absolute Gasteiger partial charge is 0.488 e. The summed E-state index contributed by atoms with van der Waals surface area (Å²) in [6.07, 6.45) is 1.80. The largest absolute Gasteiger partial charge is 0.760 e. The van der Waals surface area contributed by atoms with E-state index in [1.165, 1.54) is 43.4 Å². The Kier molecular flexibility index (Phi) is 7.65. The summed E-state index contributed by atoms with van der Waals surface area (Å²) < 4.78 is 59.7. The maximum absolute atomic E-state index is 14.6. The molecule has 1 amide bonds. The van der Waals surface area contributed by atoms with E-state index in [2.05, 4.69) is 5.32 Å². The van der Waals surface area contributed by atoms with Crippen molar-refractivity contribution in [1.29, 1.82) is 0 Å². The van der Waals surface area contributed by atoms with E-state index in [4.69, 9.17) is 4.42 Å². The van der Waals surface area contributed by atoms with E-state index < -0.39 is 30.0 Å². The van der Waals surface area contributed by atoms with Gasteiger partial charge in [0.15, 0.2) is 0 Å². The number of nitrogens with zero attached hydrogens (tertiary/aromatic N) is 1. The van der Waals surface area contributed by atoms with Gasteiger partial charge in [0.05, 0.1) is 5.56 Å². The first kappa shape index (κ1) is 27.2. The molecule has 1 fully saturated rings. The molecular formula is C27H24BF2N2O6S-. The van der Waals surface area contributed by atoms with Crippen molar-refractivity contribution in [2.24, 2.45) is 0 Å². The van der Waals surface area contributed by atoms with Crippen molar-refractivity contribution >= 4 is 40.7 Å². The molecule has 5 rings (SSSR count). The van der Waals surface area contributed by atoms with Gasteiger partial charge in [-0.05, 0) is 77.8 Å². The minimum atomic E-state index is -2.71. The van der Waals surface area contributed by atoms with Crippen molar-refractivity contribution in [1.82, 2.24) is 9.62 Å². The average molecular weight is 553 g/mol. The van der Waals surface area contributed by atoms with E-state index in [-0.39, 0.29) is 41.7 Å². The summed E-state index contributed by atoms with van der Waals surface area (Å²) in [6, 6.07) is 12.7. The molecule has 0 bridgehead atoms. The lowest BCUT2D eigenvalue weighted by atomic mass is 9.80. The first-order chi connectivity index (χ1) is 18.7. The van der Waals surface area contributed by atoms with Gasteiger partial charge in [-0.1, -0.05) is 12.1 Å². The van der Waals surface area contributed by atoms with Gasteiger partial charge >= 0.3 is 7.12 Å². The molecule has 1 heterocycles. The molecule has 1 unspecified atom stereocenters. The number of hydrogen-bond donors (Lipinski definition) is 3. The Hall–Kier alpha value is -3.42. The molecule has 4 aromatic rings. The maximum atomic E-state index is 14.6. The summed E-state index contributed by atoms with van der Waals surface area (Å²) in [5, 5.41) is 21.7. The lowest BCUT2D eigenvalue weighted by Gasteiger charge is -2.26. The van der Waals surface area contributed by atoms with Crippen molar-refractivity contribution in [2.45, 2.75) is 31.8 Å². The molecule has 1 aromatic heterocycles. The van der Waals surface area contributed by atoms with Crippen LogP contribution in [0.2, 0.25) is 0 Å². The van der Waals surface area contributed by atoms with Gasteiger partial charge in [-0.2, -0.15) is 0 Å². The van der Waals surface area contributed by atoms with Crippen molar-refractivity contribution in [3.05, 3.63) is 88.5 Å². The van der Waals surface area contributed by atoms with E-state index in [0.717, 1.165) is 28.8 Å². The Balaban J connectivity index is 1.56. The van der Waals surface area contributed by atoms with Crippen molar-refractivity contribution in [3.8, 4) is 11.3 Å². The van der Waals surface area contributed by atoms with Gasteiger partial charge < -0.3 is 24.3 Å². The van der Waals surface area contributed by atoms with Gasteiger partial charge in [-0.15, -0.1) is 0 Å². The minimum absolute atomic E-state index is 0.0470. The van der Waals surface area contributed by atoms with Crippen molar-refractivity contribution < 1.29 is 36.8 Å². The van der Waals surface area contributed by atoms with Crippen LogP contribution in [0.3, 0.4) is 0 Å². The Morgan fingerprint density at radius 3 is 2.38 bits per heavy atom. The quantitative estimate of drug-likeness (QED) is 0.216. The van der Waals surface area contributed by atoms with Crippen LogP contribution in [0, 0.1) is 11.6 Å². The summed E-state index contributed by atoms with van der Waals surface area (Å²) >= 11 is -2.71. The lowest BCUT2D eigenvalue weighted by molar-refractivity contribution is 0.0964. The standard InChI is InChI=1S/C27H25BF2N2O6S/c1-31-27(33)25-22-12-21(15-2-3-15)18(10-24(22)38-26(25)16-5-8-20(29)9-6-16)14-32(39(36)37)13-17-4-7-19(28(34)35)11-23(17)30/h4-12,15,34-35H,2-3,13-14H2,1H3,(H,31,33)(H,36,37)/p-1. The van der Waals surface area contributed by atoms with Crippen LogP contribution < -0.4 is 10.8 Å². The molecule has 0 radical (unpaired) electrons. The third kappa shape index (κ3) is 5.65. The molecule has 0 spiro atoms. The number of halogens is 2. The highest BCUT2D eigenvalue weighted by molar-refractivity contribution is 7.76. The normalized spacial score (nSPS) is 14.1. The predicted octanol–water partition coefficient (Wildman–Crippen LogP) is 3.09. The number of amides is 1. The Bertz CT molecular complexity index is 1570. The number of benzene rings is 3. The fourth-order valence-electron chi connectivity index (χ4n) is 4.66. The monoisotopic (exact) mass is 553 g/mol. The summed E-state index contributed by atoms with van der Waals surface area (Å²) in [5.41, 5.74) is 2.70. The minimum Gasteiger partial charge on any atom is -0.760 e. The Morgan fingerprint density at radius 2 is 1.79 bits per heavy atom. The van der Waals surface area contributed by atoms with Gasteiger partial charge in [-0.3, -0.25) is 9.00 Å². The van der Waals surface area contributed by atoms with Crippen LogP contribution in [0.4, 0.5) is 8.78 Å². The van der Waals surface area contributed by atoms with E-state index in [1.807, 2.05) is 6.07 Å². The number of carbonyl (C=O) groups excluding carboxylic acids is 1. The van der Waals surface area contributed by atoms with Crippen molar-refractivity contribution in [2.75, 3.05) is 7.05 Å². The van der Waals surface area contributed by atoms with Crippen LogP contribution >= 0.6 is 0 Å². The molecule has 3 N–H and O–H groups in total. The zero-order chi connectivity index (χ0) is 27.8. The number of fused-ring (bicyclic) bond motifs is 1. The molecule has 1 aliphatic carbocycles. The van der Waals surface area contributed by atoms with E-state index in [9.17, 15) is 32.4 Å². The van der Waals surface area contributed by atoms with Gasteiger partial charge in [0.25, 0.3) is 5.91 Å². The highest BCUT2D eigenvalue weighted by Gasteiger charge is 2.30. The zero-order valence-corrected chi connectivity index (χ0v) is 21.6. The Labute approximate surface area is 225 Å². The van der Waals surface area contributed by atoms with E-state index in [0.29, 0.717) is 27.7 Å². The fourth-order valence-corrected chi connectivity index (χ4v) is 5.15. The number of nitrogens with one attached hydrogen (secondary N) is 1. The zero-order valence-electron chi connectivity index (χ0n) is 20.8. The summed E-state index contributed by atoms with van der Waals surface area (Å²) in [4.78, 5) is 12.9. The maximum Gasteiger partial charge on any atom is 0.488 e. The van der Waals surface area contributed by atoms with Crippen LogP contribution in [0.1, 0.15) is 45.8 Å². The molecule has 1 saturated carbocycles. The highest BCUT2D eigenvalue weighted by Crippen LogP contribution is 2.45. The van der Waals surface area contributed by atoms with Gasteiger partial charge in [-0.25, -0.2) is 13.1 Å². The predicted molar refractivity (Wildman–Crippen MR) is 141 cm³/mol. The van der Waals surface area contributed by atoms with Crippen LogP contribution in [-0.2, 0) is 24.4 Å². The fraction of sp³-hybridized carbons (Fsp3) is 0.222. The van der Waals surface area contributed by atoms with E-state index in [1.54, 1.807) is 6.07 Å². The Morgan fingerprint density at radius 1 is 1.10 bits per heavy atom. The third-order valence-corrected chi connectivity index (χ3v) is 7.49. The lowest BCUT2D eigenvalue weighted by Crippen LogP contribution is -2.31. The van der Waals surface area contributed by atoms with Crippen LogP contribution in [-0.4, -0.2) is 43.2 Å². The molecule has 1 aliphatic rings. The summed E-state index contributed by atoms with van der Waals surface area (Å²) in [5.74, 6) is -1.13. The van der Waals surface area contributed by atoms with E-state index >= 15 is 0 Å². The summed E-state index contributed by atoms with van der Waals surface area (Å²) in [7, 11) is -0.348. The van der Waals surface area contributed by atoms with Gasteiger partial charge in [0.2, 0.25) is 0 Å². The molecule has 39 heavy (non-hydrogen) atoms. The third-order valence-electron chi connectivity index (χ3n) is 6.81. The number of rotatable bonds is 9. The second-order valence-electron chi connectivity index (χ2n) is 9.45. The second-order valence-corrected chi connectivity index (χ2v) is 10.4. The van der Waals surface area contributed by atoms with Crippen molar-refractivity contribution in [3.63, 3.8) is 0 Å². The van der Waals surface area contributed by atoms with Gasteiger partial charge in [0.1, 0.15) is 23.0 Å². The SMILES string of the molecule is CNC(=O)c1c(-c2ccc(F)cc2)oc2cc(CN(Cc3ccc(B(O)O)cc3F)S(=O)[O-])c(C3CC3)cc12. The number of furan rings is 1. The molecular weight excluding hydrogens is 529 g/mol. The average Bonchev–Trinajstić information content (AvgIpc) is 3.69.